The molecule has 0 aliphatic heterocycles. The molecule has 2 heterocycles. The van der Waals surface area contributed by atoms with Gasteiger partial charge >= 0.3 is 0 Å². The molecule has 0 saturated heterocycles. The molecule has 1 atom stereocenters. The number of carbonyl (C=O) groups excluding carboxylic acids is 1. The van der Waals surface area contributed by atoms with Crippen molar-refractivity contribution in [3.63, 3.8) is 0 Å². The van der Waals surface area contributed by atoms with Crippen LogP contribution in [0.4, 0.5) is 5.13 Å². The quantitative estimate of drug-likeness (QED) is 0.194. The fourth-order valence-electron chi connectivity index (χ4n) is 3.84. The Bertz CT molecular complexity index is 1530. The second kappa shape index (κ2) is 12.1. The number of para-hydroxylation sites is 1. The van der Waals surface area contributed by atoms with E-state index in [0.717, 1.165) is 22.7 Å². The summed E-state index contributed by atoms with van der Waals surface area (Å²) >= 11 is 2.71. The summed E-state index contributed by atoms with van der Waals surface area (Å²) in [6.07, 6.45) is -0.398. The van der Waals surface area contributed by atoms with E-state index in [0.29, 0.717) is 21.9 Å². The zero-order valence-corrected chi connectivity index (χ0v) is 23.3. The van der Waals surface area contributed by atoms with Gasteiger partial charge in [0.05, 0.1) is 18.6 Å². The summed E-state index contributed by atoms with van der Waals surface area (Å²) in [5.74, 6) is 2.05. The number of rotatable bonds is 10. The van der Waals surface area contributed by atoms with E-state index in [1.54, 1.807) is 7.11 Å². The molecule has 0 saturated carbocycles. The van der Waals surface area contributed by atoms with Crippen LogP contribution in [-0.2, 0) is 4.79 Å². The van der Waals surface area contributed by atoms with Gasteiger partial charge in [0.2, 0.25) is 5.91 Å². The summed E-state index contributed by atoms with van der Waals surface area (Å²) in [6, 6.07) is 25.3. The molecule has 0 aliphatic carbocycles. The number of hydrogen-bond donors (Lipinski definition) is 1. The Morgan fingerprint density at radius 1 is 1.00 bits per heavy atom. The minimum absolute atomic E-state index is 0.151. The van der Waals surface area contributed by atoms with Gasteiger partial charge < -0.3 is 14.8 Å². The molecule has 5 rings (SSSR count). The molecule has 0 spiro atoms. The fourth-order valence-corrected chi connectivity index (χ4v) is 5.34. The molecule has 39 heavy (non-hydrogen) atoms. The molecule has 1 N–H and O–H groups in total. The van der Waals surface area contributed by atoms with Gasteiger partial charge in [0.15, 0.2) is 22.2 Å². The molecular formula is C29H27N5O3S2. The lowest BCUT2D eigenvalue weighted by atomic mass is 10.1. The number of aromatic nitrogens is 4. The van der Waals surface area contributed by atoms with Crippen molar-refractivity contribution in [2.75, 3.05) is 18.2 Å². The largest absolute Gasteiger partial charge is 0.497 e. The van der Waals surface area contributed by atoms with Gasteiger partial charge in [-0.05, 0) is 50.2 Å². The van der Waals surface area contributed by atoms with Crippen molar-refractivity contribution in [3.8, 4) is 28.4 Å². The predicted molar refractivity (Wildman–Crippen MR) is 155 cm³/mol. The maximum absolute atomic E-state index is 12.8. The molecule has 0 radical (unpaired) electrons. The summed E-state index contributed by atoms with van der Waals surface area (Å²) < 4.78 is 13.3. The van der Waals surface area contributed by atoms with Crippen molar-refractivity contribution in [1.29, 1.82) is 0 Å². The maximum Gasteiger partial charge on any atom is 0.236 e. The number of thiazole rings is 1. The van der Waals surface area contributed by atoms with Gasteiger partial charge in [0.25, 0.3) is 0 Å². The van der Waals surface area contributed by atoms with Crippen molar-refractivity contribution in [3.05, 3.63) is 95.6 Å². The number of nitrogens with one attached hydrogen (secondary N) is 1. The number of ether oxygens (including phenoxy) is 2. The van der Waals surface area contributed by atoms with E-state index in [1.165, 1.54) is 28.7 Å². The highest BCUT2D eigenvalue weighted by Crippen LogP contribution is 2.29. The summed E-state index contributed by atoms with van der Waals surface area (Å²) in [5, 5.41) is 14.8. The zero-order chi connectivity index (χ0) is 27.2. The van der Waals surface area contributed by atoms with Crippen molar-refractivity contribution in [2.45, 2.75) is 25.1 Å². The first-order chi connectivity index (χ1) is 19.0. The Kier molecular flexibility index (Phi) is 8.24. The van der Waals surface area contributed by atoms with Crippen LogP contribution in [0.2, 0.25) is 0 Å². The fraction of sp³-hybridized carbons (Fsp3) is 0.172. The first-order valence-electron chi connectivity index (χ1n) is 12.3. The number of anilines is 1. The van der Waals surface area contributed by atoms with E-state index in [1.807, 2.05) is 103 Å². The molecule has 1 unspecified atom stereocenters. The van der Waals surface area contributed by atoms with Crippen LogP contribution in [0, 0.1) is 6.92 Å². The highest BCUT2D eigenvalue weighted by atomic mass is 32.2. The number of methoxy groups -OCH3 is 1. The van der Waals surface area contributed by atoms with E-state index >= 15 is 0 Å². The Morgan fingerprint density at radius 2 is 1.72 bits per heavy atom. The molecule has 1 amide bonds. The summed E-state index contributed by atoms with van der Waals surface area (Å²) in [5.41, 5.74) is 3.92. The third kappa shape index (κ3) is 6.47. The SMILES string of the molecule is COc1ccc(OC(C)c2nnc(SCC(=O)Nc3nc(-c4ccc(C)cc4)cs3)n2-c2ccccc2)cc1. The highest BCUT2D eigenvalue weighted by molar-refractivity contribution is 7.99. The minimum atomic E-state index is -0.398. The van der Waals surface area contributed by atoms with Crippen LogP contribution >= 0.6 is 23.1 Å². The standard InChI is InChI=1S/C29H27N5O3S2/c1-19-9-11-21(12-10-19)25-17-38-28(30-25)31-26(35)18-39-29-33-32-27(34(29)22-7-5-4-6-8-22)20(2)37-24-15-13-23(36-3)14-16-24/h4-17,20H,18H2,1-3H3,(H,30,31,35). The molecular weight excluding hydrogens is 530 g/mol. The van der Waals surface area contributed by atoms with Crippen LogP contribution in [0.1, 0.15) is 24.4 Å². The number of amides is 1. The third-order valence-corrected chi connectivity index (χ3v) is 7.53. The van der Waals surface area contributed by atoms with Gasteiger partial charge in [-0.25, -0.2) is 4.98 Å². The van der Waals surface area contributed by atoms with E-state index in [2.05, 4.69) is 20.5 Å². The zero-order valence-electron chi connectivity index (χ0n) is 21.7. The van der Waals surface area contributed by atoms with Crippen LogP contribution in [-0.4, -0.2) is 38.5 Å². The summed E-state index contributed by atoms with van der Waals surface area (Å²) in [4.78, 5) is 17.4. The molecule has 0 bridgehead atoms. The first-order valence-corrected chi connectivity index (χ1v) is 14.1. The van der Waals surface area contributed by atoms with E-state index < -0.39 is 6.10 Å². The van der Waals surface area contributed by atoms with Gasteiger partial charge in [-0.15, -0.1) is 21.5 Å². The topological polar surface area (TPSA) is 91.2 Å². The van der Waals surface area contributed by atoms with Crippen LogP contribution in [0.5, 0.6) is 11.5 Å². The number of nitrogens with zero attached hydrogens (tertiary/aromatic N) is 4. The molecule has 2 aromatic heterocycles. The van der Waals surface area contributed by atoms with Gasteiger partial charge in [-0.2, -0.15) is 0 Å². The number of benzene rings is 3. The lowest BCUT2D eigenvalue weighted by Gasteiger charge is -2.17. The molecule has 5 aromatic rings. The van der Waals surface area contributed by atoms with Crippen molar-refractivity contribution < 1.29 is 14.3 Å². The Balaban J connectivity index is 1.29. The Labute approximate surface area is 235 Å². The summed E-state index contributed by atoms with van der Waals surface area (Å²) in [6.45, 7) is 3.97. The average molecular weight is 558 g/mol. The van der Waals surface area contributed by atoms with Crippen molar-refractivity contribution in [1.82, 2.24) is 19.7 Å². The number of thioether (sulfide) groups is 1. The van der Waals surface area contributed by atoms with Gasteiger partial charge in [-0.1, -0.05) is 59.8 Å². The van der Waals surface area contributed by atoms with Gasteiger partial charge in [-0.3, -0.25) is 9.36 Å². The molecule has 10 heteroatoms. The van der Waals surface area contributed by atoms with Crippen LogP contribution in [0.15, 0.2) is 89.4 Å². The normalized spacial score (nSPS) is 11.7. The van der Waals surface area contributed by atoms with Crippen LogP contribution in [0.3, 0.4) is 0 Å². The second-order valence-electron chi connectivity index (χ2n) is 8.69. The molecule has 0 fully saturated rings. The Hall–Kier alpha value is -4.15. The average Bonchev–Trinajstić information content (AvgIpc) is 3.60. The second-order valence-corrected chi connectivity index (χ2v) is 10.5. The molecule has 3 aromatic carbocycles. The van der Waals surface area contributed by atoms with Gasteiger partial charge in [0.1, 0.15) is 11.5 Å². The highest BCUT2D eigenvalue weighted by Gasteiger charge is 2.22. The maximum atomic E-state index is 12.8. The minimum Gasteiger partial charge on any atom is -0.497 e. The number of hydrogen-bond acceptors (Lipinski definition) is 8. The van der Waals surface area contributed by atoms with Crippen molar-refractivity contribution >= 4 is 34.1 Å². The lowest BCUT2D eigenvalue weighted by molar-refractivity contribution is -0.113. The predicted octanol–water partition coefficient (Wildman–Crippen LogP) is 6.58. The van der Waals surface area contributed by atoms with Crippen molar-refractivity contribution in [2.24, 2.45) is 0 Å². The number of carbonyl (C=O) groups is 1. The molecule has 8 nitrogen and oxygen atoms in total. The van der Waals surface area contributed by atoms with E-state index in [4.69, 9.17) is 9.47 Å². The van der Waals surface area contributed by atoms with E-state index in [-0.39, 0.29) is 11.7 Å². The van der Waals surface area contributed by atoms with E-state index in [9.17, 15) is 4.79 Å². The third-order valence-electron chi connectivity index (χ3n) is 5.84. The first kappa shape index (κ1) is 26.5. The molecule has 198 valence electrons. The number of aryl methyl sites for hydroxylation is 1. The lowest BCUT2D eigenvalue weighted by Crippen LogP contribution is -2.15. The summed E-state index contributed by atoms with van der Waals surface area (Å²) in [7, 11) is 1.62. The van der Waals surface area contributed by atoms with Crippen LogP contribution in [0.25, 0.3) is 16.9 Å². The van der Waals surface area contributed by atoms with Crippen LogP contribution < -0.4 is 14.8 Å². The smallest absolute Gasteiger partial charge is 0.236 e. The Morgan fingerprint density at radius 3 is 2.44 bits per heavy atom. The monoisotopic (exact) mass is 557 g/mol. The van der Waals surface area contributed by atoms with Gasteiger partial charge in [0, 0.05) is 16.6 Å². The molecule has 0 aliphatic rings.